The number of amides is 5. The van der Waals surface area contributed by atoms with Crippen LogP contribution in [-0.2, 0) is 24.0 Å². The zero-order valence-corrected chi connectivity index (χ0v) is 19.0. The maximum atomic E-state index is 12.9. The number of carbonyl (C=O) groups excluding carboxylic acids is 5. The minimum Gasteiger partial charge on any atom is -0.481 e. The number of carbonyl (C=O) groups is 7. The van der Waals surface area contributed by atoms with Gasteiger partial charge in [0.05, 0.1) is 24.1 Å². The molecule has 2 aliphatic heterocycles. The van der Waals surface area contributed by atoms with E-state index in [0.29, 0.717) is 0 Å². The molecule has 1 unspecified atom stereocenters. The molecule has 0 spiro atoms. The molecule has 0 radical (unpaired) electrons. The van der Waals surface area contributed by atoms with Crippen LogP contribution in [-0.4, -0.2) is 81.4 Å². The van der Waals surface area contributed by atoms with Gasteiger partial charge in [0.25, 0.3) is 11.8 Å². The molecule has 2 heterocycles. The lowest BCUT2D eigenvalue weighted by atomic mass is 10.0. The Morgan fingerprint density at radius 1 is 1.14 bits per heavy atom. The normalized spacial score (nSPS) is 17.7. The number of nitrogens with one attached hydrogen (secondary N) is 3. The molecule has 0 aromatic heterocycles. The van der Waals surface area contributed by atoms with E-state index in [1.54, 1.807) is 6.92 Å². The first-order valence-electron chi connectivity index (χ1n) is 10.5. The van der Waals surface area contributed by atoms with Gasteiger partial charge < -0.3 is 20.8 Å². The fourth-order valence-corrected chi connectivity index (χ4v) is 3.48. The summed E-state index contributed by atoms with van der Waals surface area (Å²) >= 11 is 0. The Morgan fingerprint density at radius 3 is 2.30 bits per heavy atom. The highest BCUT2D eigenvalue weighted by Crippen LogP contribution is 2.32. The van der Waals surface area contributed by atoms with Crippen molar-refractivity contribution in [3.8, 4) is 0 Å². The first-order valence-corrected chi connectivity index (χ1v) is 10.5. The maximum absolute atomic E-state index is 12.9. The number of rotatable bonds is 7. The number of nitrogens with zero attached hydrogens (tertiary/aromatic N) is 1. The molecular weight excluding hydrogens is 509 g/mol. The predicted molar refractivity (Wildman–Crippen MR) is 115 cm³/mol. The largest absolute Gasteiger partial charge is 0.490 e. The van der Waals surface area contributed by atoms with Gasteiger partial charge in [-0.2, -0.15) is 13.2 Å². The van der Waals surface area contributed by atoms with E-state index in [0.717, 1.165) is 4.90 Å². The molecule has 2 atom stereocenters. The highest BCUT2D eigenvalue weighted by molar-refractivity contribution is 6.25. The van der Waals surface area contributed by atoms with Crippen molar-refractivity contribution in [2.45, 2.75) is 44.4 Å². The van der Waals surface area contributed by atoms with Gasteiger partial charge in [0.2, 0.25) is 17.7 Å². The Balaban J connectivity index is 0.000000604. The Kier molecular flexibility index (Phi) is 8.92. The monoisotopic (exact) mass is 530 g/mol. The van der Waals surface area contributed by atoms with Crippen LogP contribution in [0.5, 0.6) is 0 Å². The molecule has 37 heavy (non-hydrogen) atoms. The lowest BCUT2D eigenvalue weighted by Crippen LogP contribution is -2.54. The summed E-state index contributed by atoms with van der Waals surface area (Å²) in [4.78, 5) is 81.6. The van der Waals surface area contributed by atoms with E-state index in [1.807, 2.05) is 0 Å². The number of anilines is 1. The molecule has 5 amide bonds. The third-order valence-corrected chi connectivity index (χ3v) is 5.04. The summed E-state index contributed by atoms with van der Waals surface area (Å²) < 4.78 is 31.7. The third-order valence-electron chi connectivity index (χ3n) is 5.04. The van der Waals surface area contributed by atoms with Crippen LogP contribution in [0, 0.1) is 0 Å². The number of alkyl halides is 3. The van der Waals surface area contributed by atoms with Crippen molar-refractivity contribution < 1.29 is 56.9 Å². The molecule has 5 N–H and O–H groups in total. The van der Waals surface area contributed by atoms with E-state index in [9.17, 15) is 41.9 Å². The highest BCUT2D eigenvalue weighted by atomic mass is 19.4. The third kappa shape index (κ3) is 7.25. The Bertz CT molecular complexity index is 1150. The number of halogens is 3. The zero-order valence-electron chi connectivity index (χ0n) is 19.0. The van der Waals surface area contributed by atoms with Crippen LogP contribution >= 0.6 is 0 Å². The Morgan fingerprint density at radius 2 is 1.76 bits per heavy atom. The highest BCUT2D eigenvalue weighted by Gasteiger charge is 2.45. The van der Waals surface area contributed by atoms with Crippen molar-refractivity contribution >= 4 is 47.2 Å². The number of fused-ring (bicyclic) bond motifs is 1. The summed E-state index contributed by atoms with van der Waals surface area (Å²) in [5, 5.41) is 23.3. The second-order valence-electron chi connectivity index (χ2n) is 7.90. The number of imide groups is 2. The van der Waals surface area contributed by atoms with Gasteiger partial charge in [0.1, 0.15) is 6.04 Å². The van der Waals surface area contributed by atoms with Gasteiger partial charge in [0.15, 0.2) is 0 Å². The number of benzene rings is 1. The van der Waals surface area contributed by atoms with E-state index in [4.69, 9.17) is 15.0 Å². The van der Waals surface area contributed by atoms with Crippen molar-refractivity contribution in [2.75, 3.05) is 11.9 Å². The molecule has 0 saturated carbocycles. The molecule has 1 aromatic carbocycles. The number of hydrogen-bond acceptors (Lipinski definition) is 8. The Hall–Kier alpha value is -4.50. The molecule has 2 aliphatic rings. The number of carboxylic acid groups (broad SMARTS) is 2. The van der Waals surface area contributed by atoms with Crippen molar-refractivity contribution in [3.63, 3.8) is 0 Å². The smallest absolute Gasteiger partial charge is 0.481 e. The number of piperidine rings is 1. The van der Waals surface area contributed by atoms with Gasteiger partial charge in [-0.3, -0.25) is 39.0 Å². The fourth-order valence-electron chi connectivity index (χ4n) is 3.48. The van der Waals surface area contributed by atoms with Crippen molar-refractivity contribution in [1.29, 1.82) is 0 Å². The van der Waals surface area contributed by atoms with Crippen LogP contribution in [0.4, 0.5) is 18.9 Å². The number of carboxylic acids is 2. The summed E-state index contributed by atoms with van der Waals surface area (Å²) in [5.41, 5.74) is 0.370. The standard InChI is InChI=1S/C19H20N4O7.C2HF3O2/c1-9(7-15(26)27)21-14(25)8-20-11-4-2-3-10-16(11)19(30)23(18(10)29)12-5-6-13(24)22-17(12)28;3-2(4,5)1(6)7/h2-4,9,12,20H,5-8H2,1H3,(H,21,25)(H,26,27)(H,22,24,28);(H,6,7)/t9-,12?;/m1./s1. The van der Waals surface area contributed by atoms with Gasteiger partial charge in [-0.05, 0) is 25.5 Å². The van der Waals surface area contributed by atoms with Gasteiger partial charge in [-0.15, -0.1) is 0 Å². The average Bonchev–Trinajstić information content (AvgIpc) is 3.02. The lowest BCUT2D eigenvalue weighted by Gasteiger charge is -2.27. The summed E-state index contributed by atoms with van der Waals surface area (Å²) in [6.45, 7) is 1.30. The second-order valence-corrected chi connectivity index (χ2v) is 7.90. The zero-order chi connectivity index (χ0) is 28.1. The summed E-state index contributed by atoms with van der Waals surface area (Å²) in [6.07, 6.45) is -5.26. The average molecular weight is 530 g/mol. The van der Waals surface area contributed by atoms with Crippen LogP contribution in [0.25, 0.3) is 0 Å². The van der Waals surface area contributed by atoms with Crippen LogP contribution < -0.4 is 16.0 Å². The number of aliphatic carboxylic acids is 2. The molecule has 3 rings (SSSR count). The van der Waals surface area contributed by atoms with E-state index < -0.39 is 59.7 Å². The van der Waals surface area contributed by atoms with Gasteiger partial charge >= 0.3 is 18.1 Å². The van der Waals surface area contributed by atoms with Gasteiger partial charge in [-0.25, -0.2) is 4.79 Å². The minimum atomic E-state index is -5.08. The van der Waals surface area contributed by atoms with Crippen molar-refractivity contribution in [3.05, 3.63) is 29.3 Å². The molecule has 200 valence electrons. The molecular formula is C21H21F3N4O9. The SMILES string of the molecule is C[C@H](CC(=O)O)NC(=O)CNc1cccc2c1C(=O)N(C1CCC(=O)NC1=O)C2=O.O=C(O)C(F)(F)F. The molecule has 1 fully saturated rings. The molecule has 0 bridgehead atoms. The molecule has 13 nitrogen and oxygen atoms in total. The quantitative estimate of drug-likeness (QED) is 0.302. The first kappa shape index (κ1) is 28.7. The topological polar surface area (TPSA) is 199 Å². The molecule has 1 aromatic rings. The van der Waals surface area contributed by atoms with Crippen molar-refractivity contribution in [1.82, 2.24) is 15.5 Å². The van der Waals surface area contributed by atoms with E-state index >= 15 is 0 Å². The molecule has 16 heteroatoms. The van der Waals surface area contributed by atoms with Crippen LogP contribution in [0.2, 0.25) is 0 Å². The summed E-state index contributed by atoms with van der Waals surface area (Å²) in [6, 6.07) is 2.84. The van der Waals surface area contributed by atoms with E-state index in [1.165, 1.54) is 18.2 Å². The molecule has 0 aliphatic carbocycles. The lowest BCUT2D eigenvalue weighted by molar-refractivity contribution is -0.192. The minimum absolute atomic E-state index is 0.0175. The van der Waals surface area contributed by atoms with Crippen LogP contribution in [0.1, 0.15) is 46.9 Å². The number of hydrogen-bond donors (Lipinski definition) is 5. The first-order chi connectivity index (χ1) is 17.1. The summed E-state index contributed by atoms with van der Waals surface area (Å²) in [7, 11) is 0. The van der Waals surface area contributed by atoms with E-state index in [-0.39, 0.29) is 42.6 Å². The summed E-state index contributed by atoms with van der Waals surface area (Å²) in [5.74, 6) is -6.79. The molecule has 1 saturated heterocycles. The maximum Gasteiger partial charge on any atom is 0.490 e. The Labute approximate surface area is 206 Å². The van der Waals surface area contributed by atoms with E-state index in [2.05, 4.69) is 16.0 Å². The van der Waals surface area contributed by atoms with Crippen LogP contribution in [0.3, 0.4) is 0 Å². The fraction of sp³-hybridized carbons (Fsp3) is 0.381. The second kappa shape index (κ2) is 11.5. The van der Waals surface area contributed by atoms with Gasteiger partial charge in [-0.1, -0.05) is 6.07 Å². The van der Waals surface area contributed by atoms with Crippen molar-refractivity contribution in [2.24, 2.45) is 0 Å². The predicted octanol–water partition coefficient (Wildman–Crippen LogP) is 0.112. The van der Waals surface area contributed by atoms with Gasteiger partial charge in [0, 0.05) is 18.2 Å². The van der Waals surface area contributed by atoms with Crippen LogP contribution in [0.15, 0.2) is 18.2 Å².